The largest absolute Gasteiger partial charge is 0.393 e. The van der Waals surface area contributed by atoms with Crippen LogP contribution in [0.25, 0.3) is 0 Å². The van der Waals surface area contributed by atoms with Crippen molar-refractivity contribution >= 4 is 9.73 Å². The van der Waals surface area contributed by atoms with E-state index in [2.05, 4.69) is 19.6 Å². The van der Waals surface area contributed by atoms with Crippen molar-refractivity contribution in [1.82, 2.24) is 0 Å². The first-order valence-corrected chi connectivity index (χ1v) is 14.3. The highest BCUT2D eigenvalue weighted by Crippen LogP contribution is 2.59. The maximum atomic E-state index is 15.2. The molecule has 1 aromatic rings. The molecule has 0 aromatic heterocycles. The molecular formula is C29H38FNO3S. The molecule has 0 radical (unpaired) electrons. The fraction of sp³-hybridized carbons (Fsp3) is 0.517. The van der Waals surface area contributed by atoms with Crippen LogP contribution >= 0.6 is 0 Å². The van der Waals surface area contributed by atoms with E-state index in [9.17, 15) is 14.4 Å². The molecule has 3 saturated carbocycles. The quantitative estimate of drug-likeness (QED) is 0.423. The summed E-state index contributed by atoms with van der Waals surface area (Å²) in [7, 11) is -3.63. The van der Waals surface area contributed by atoms with Crippen molar-refractivity contribution in [2.24, 2.45) is 23.2 Å². The number of rotatable bonds is 5. The minimum atomic E-state index is -3.63. The van der Waals surface area contributed by atoms with Crippen LogP contribution < -0.4 is 0 Å². The van der Waals surface area contributed by atoms with Gasteiger partial charge in [0.15, 0.2) is 5.16 Å². The smallest absolute Gasteiger partial charge is 0.196 e. The first-order chi connectivity index (χ1) is 16.5. The first-order valence-electron chi connectivity index (χ1n) is 12.7. The Morgan fingerprint density at radius 2 is 1.97 bits per heavy atom. The molecule has 0 bridgehead atoms. The van der Waals surface area contributed by atoms with Crippen LogP contribution in [-0.4, -0.2) is 26.6 Å². The molecule has 35 heavy (non-hydrogen) atoms. The first kappa shape index (κ1) is 26.1. The zero-order chi connectivity index (χ0) is 25.4. The van der Waals surface area contributed by atoms with Gasteiger partial charge >= 0.3 is 0 Å². The predicted molar refractivity (Wildman–Crippen MR) is 139 cm³/mol. The zero-order valence-corrected chi connectivity index (χ0v) is 21.6. The average molecular weight is 500 g/mol. The van der Waals surface area contributed by atoms with Crippen LogP contribution in [0.5, 0.6) is 0 Å². The van der Waals surface area contributed by atoms with E-state index in [0.29, 0.717) is 24.3 Å². The summed E-state index contributed by atoms with van der Waals surface area (Å²) in [6, 6.07) is 8.22. The number of benzene rings is 1. The molecule has 6 heteroatoms. The van der Waals surface area contributed by atoms with Crippen LogP contribution in [0.2, 0.25) is 0 Å². The molecular weight excluding hydrogens is 461 g/mol. The van der Waals surface area contributed by atoms with Gasteiger partial charge in [0.05, 0.1) is 17.1 Å². The summed E-state index contributed by atoms with van der Waals surface area (Å²) in [5.41, 5.74) is 3.00. The number of hydrogen-bond donors (Lipinski definition) is 3. The van der Waals surface area contributed by atoms with Crippen molar-refractivity contribution in [3.63, 3.8) is 0 Å². The fourth-order valence-electron chi connectivity index (χ4n) is 6.75. The Bertz CT molecular complexity index is 1150. The zero-order valence-electron chi connectivity index (χ0n) is 20.8. The summed E-state index contributed by atoms with van der Waals surface area (Å²) in [4.78, 5) is 0.201. The van der Waals surface area contributed by atoms with Crippen molar-refractivity contribution in [1.29, 1.82) is 4.78 Å². The topological polar surface area (TPSA) is 81.4 Å². The molecule has 0 amide bonds. The monoisotopic (exact) mass is 499 g/mol. The highest BCUT2D eigenvalue weighted by atomic mass is 32.2. The normalized spacial score (nSPS) is 36.7. The van der Waals surface area contributed by atoms with E-state index in [0.717, 1.165) is 37.7 Å². The van der Waals surface area contributed by atoms with Crippen molar-refractivity contribution in [2.75, 3.05) is 0 Å². The Morgan fingerprint density at radius 1 is 1.26 bits per heavy atom. The van der Waals surface area contributed by atoms with Crippen molar-refractivity contribution < 1.29 is 18.8 Å². The predicted octanol–water partition coefficient (Wildman–Crippen LogP) is 6.68. The average Bonchev–Trinajstić information content (AvgIpc) is 3.18. The number of nitrogens with one attached hydrogen (secondary N) is 1. The van der Waals surface area contributed by atoms with Crippen LogP contribution in [0, 0.1) is 27.9 Å². The van der Waals surface area contributed by atoms with E-state index in [1.165, 1.54) is 11.6 Å². The van der Waals surface area contributed by atoms with Crippen molar-refractivity contribution in [2.45, 2.75) is 75.9 Å². The summed E-state index contributed by atoms with van der Waals surface area (Å²) in [5, 5.41) is 19.4. The molecule has 7 atom stereocenters. The van der Waals surface area contributed by atoms with Gasteiger partial charge in [-0.3, -0.25) is 0 Å². The molecule has 0 unspecified atom stereocenters. The second-order valence-electron chi connectivity index (χ2n) is 10.9. The number of aliphatic hydroxyl groups is 2. The van der Waals surface area contributed by atoms with Crippen LogP contribution in [0.1, 0.15) is 58.8 Å². The van der Waals surface area contributed by atoms with Crippen molar-refractivity contribution in [3.05, 3.63) is 77.0 Å². The van der Waals surface area contributed by atoms with Gasteiger partial charge in [0.1, 0.15) is 9.73 Å². The molecule has 3 aliphatic carbocycles. The summed E-state index contributed by atoms with van der Waals surface area (Å²) in [6.45, 7) is 8.32. The van der Waals surface area contributed by atoms with E-state index in [-0.39, 0.29) is 22.1 Å². The minimum Gasteiger partial charge on any atom is -0.393 e. The van der Waals surface area contributed by atoms with Gasteiger partial charge in [-0.15, -0.1) is 0 Å². The van der Waals surface area contributed by atoms with Crippen LogP contribution in [0.3, 0.4) is 0 Å². The van der Waals surface area contributed by atoms with Crippen LogP contribution in [0.4, 0.5) is 4.39 Å². The number of allylic oxidation sites excluding steroid dienone is 4. The third kappa shape index (κ3) is 5.11. The van der Waals surface area contributed by atoms with Gasteiger partial charge < -0.3 is 10.2 Å². The molecule has 3 N–H and O–H groups in total. The SMILES string of the molecule is C=C1/C(=C\C=C2/CCC[C@]3(C)[C@@H]([C@H](C)/C=C(\F)[S@](=N)(=O)c4ccccc4)CC[C@@H]23)C[C@@H](O)C[C@@H]1O. The Morgan fingerprint density at radius 3 is 2.69 bits per heavy atom. The number of hydrogen-bond acceptors (Lipinski definition) is 4. The molecule has 0 spiro atoms. The standard InChI is InChI=1S/C29H38FNO3S/c1-19(16-28(30)35(31,34)24-9-5-4-6-10-24)25-13-14-26-21(8-7-15-29(25,26)3)11-12-22-17-23(32)18-27(33)20(22)2/h4-6,9-12,16,19,23,25-27,31-33H,2,7-8,13-15,17-18H2,1,3H3/b21-11+,22-12-,28-16+/t19-,23-,25-,26+,27+,29-,35-/m1/s1. The summed E-state index contributed by atoms with van der Waals surface area (Å²) >= 11 is 0. The highest BCUT2D eigenvalue weighted by molar-refractivity contribution is 7.96. The molecule has 4 rings (SSSR count). The highest BCUT2D eigenvalue weighted by Gasteiger charge is 2.50. The summed E-state index contributed by atoms with van der Waals surface area (Å²) in [5.74, 6) is 0.507. The third-order valence-electron chi connectivity index (χ3n) is 8.68. The lowest BCUT2D eigenvalue weighted by molar-refractivity contribution is 0.0862. The maximum absolute atomic E-state index is 15.2. The number of aliphatic hydroxyl groups excluding tert-OH is 2. The van der Waals surface area contributed by atoms with Gasteiger partial charge in [-0.05, 0) is 91.0 Å². The molecule has 3 aliphatic rings. The van der Waals surface area contributed by atoms with Gasteiger partial charge in [-0.25, -0.2) is 8.99 Å². The Balaban J connectivity index is 1.55. The minimum absolute atomic E-state index is 0.0110. The Labute approximate surface area is 209 Å². The van der Waals surface area contributed by atoms with E-state index in [1.54, 1.807) is 30.3 Å². The lowest BCUT2D eigenvalue weighted by atomic mass is 9.61. The second kappa shape index (κ2) is 10.2. The third-order valence-corrected chi connectivity index (χ3v) is 10.3. The molecule has 0 saturated heterocycles. The summed E-state index contributed by atoms with van der Waals surface area (Å²) in [6.07, 6.45) is 10.4. The van der Waals surface area contributed by atoms with Gasteiger partial charge in [0.25, 0.3) is 0 Å². The van der Waals surface area contributed by atoms with Gasteiger partial charge in [-0.1, -0.05) is 56.4 Å². The fourth-order valence-corrected chi connectivity index (χ4v) is 7.92. The van der Waals surface area contributed by atoms with Crippen LogP contribution in [-0.2, 0) is 9.73 Å². The van der Waals surface area contributed by atoms with Crippen LogP contribution in [0.15, 0.2) is 81.9 Å². The Hall–Kier alpha value is -2.02. The van der Waals surface area contributed by atoms with E-state index in [1.807, 2.05) is 13.0 Å². The molecule has 0 aliphatic heterocycles. The maximum Gasteiger partial charge on any atom is 0.196 e. The lowest BCUT2D eigenvalue weighted by Gasteiger charge is -2.44. The second-order valence-corrected chi connectivity index (χ2v) is 12.8. The molecule has 4 nitrogen and oxygen atoms in total. The number of fused-ring (bicyclic) bond motifs is 1. The van der Waals surface area contributed by atoms with Gasteiger partial charge in [-0.2, -0.15) is 4.39 Å². The molecule has 3 fully saturated rings. The number of halogens is 1. The van der Waals surface area contributed by atoms with E-state index in [4.69, 9.17) is 4.78 Å². The molecule has 0 heterocycles. The summed E-state index contributed by atoms with van der Waals surface area (Å²) < 4.78 is 36.3. The van der Waals surface area contributed by atoms with Gasteiger partial charge in [0, 0.05) is 6.42 Å². The lowest BCUT2D eigenvalue weighted by Crippen LogP contribution is -2.35. The molecule has 190 valence electrons. The van der Waals surface area contributed by atoms with E-state index >= 15 is 4.39 Å². The molecule has 1 aromatic carbocycles. The van der Waals surface area contributed by atoms with Gasteiger partial charge in [0.2, 0.25) is 0 Å². The van der Waals surface area contributed by atoms with E-state index < -0.39 is 27.1 Å². The van der Waals surface area contributed by atoms with Crippen molar-refractivity contribution in [3.8, 4) is 0 Å². The Kier molecular flexibility index (Phi) is 7.56.